The van der Waals surface area contributed by atoms with Crippen molar-refractivity contribution in [3.05, 3.63) is 18.5 Å². The smallest absolute Gasteiger partial charge is 0.229 e. The van der Waals surface area contributed by atoms with Crippen molar-refractivity contribution < 1.29 is 4.79 Å². The van der Waals surface area contributed by atoms with E-state index in [0.29, 0.717) is 5.91 Å². The number of anilines is 1. The van der Waals surface area contributed by atoms with Crippen LogP contribution in [-0.2, 0) is 4.79 Å². The van der Waals surface area contributed by atoms with Crippen LogP contribution in [0, 0.1) is 23.2 Å². The van der Waals surface area contributed by atoms with E-state index >= 15 is 0 Å². The Morgan fingerprint density at radius 2 is 1.60 bits per heavy atom. The van der Waals surface area contributed by atoms with Gasteiger partial charge in [0.2, 0.25) is 11.9 Å². The summed E-state index contributed by atoms with van der Waals surface area (Å²) >= 11 is 0. The molecule has 0 aromatic carbocycles. The van der Waals surface area contributed by atoms with E-state index in [0.717, 1.165) is 82.2 Å². The molecule has 4 bridgehead atoms. The van der Waals surface area contributed by atoms with Gasteiger partial charge in [-0.2, -0.15) is 0 Å². The van der Waals surface area contributed by atoms with Gasteiger partial charge >= 0.3 is 0 Å². The molecule has 5 aliphatic rings. The van der Waals surface area contributed by atoms with Crippen LogP contribution in [0.25, 0.3) is 0 Å². The summed E-state index contributed by atoms with van der Waals surface area (Å²) in [5, 5.41) is 0. The van der Waals surface area contributed by atoms with Crippen molar-refractivity contribution in [2.24, 2.45) is 23.2 Å². The summed E-state index contributed by atoms with van der Waals surface area (Å²) in [7, 11) is 0. The molecule has 0 atom stereocenters. The van der Waals surface area contributed by atoms with Crippen molar-refractivity contribution >= 4 is 11.9 Å². The van der Waals surface area contributed by atoms with E-state index in [1.54, 1.807) is 0 Å². The van der Waals surface area contributed by atoms with E-state index in [9.17, 15) is 4.79 Å². The summed E-state index contributed by atoms with van der Waals surface area (Å²) < 4.78 is 0. The molecule has 0 unspecified atom stereocenters. The van der Waals surface area contributed by atoms with Gasteiger partial charge < -0.3 is 9.80 Å². The van der Waals surface area contributed by atoms with E-state index < -0.39 is 0 Å². The molecule has 30 heavy (non-hydrogen) atoms. The quantitative estimate of drug-likeness (QED) is 0.720. The zero-order chi connectivity index (χ0) is 20.7. The van der Waals surface area contributed by atoms with Crippen molar-refractivity contribution in [2.45, 2.75) is 58.4 Å². The predicted octanol–water partition coefficient (Wildman–Crippen LogP) is 3.05. The molecule has 1 aromatic rings. The lowest BCUT2D eigenvalue weighted by Gasteiger charge is -2.57. The van der Waals surface area contributed by atoms with Gasteiger partial charge in [-0.3, -0.25) is 9.69 Å². The number of hydrogen-bond donors (Lipinski definition) is 0. The summed E-state index contributed by atoms with van der Waals surface area (Å²) in [5.74, 6) is 3.78. The molecule has 1 saturated heterocycles. The molecule has 6 nitrogen and oxygen atoms in total. The fourth-order valence-electron chi connectivity index (χ4n) is 7.15. The van der Waals surface area contributed by atoms with Crippen LogP contribution in [0.2, 0.25) is 0 Å². The highest BCUT2D eigenvalue weighted by Crippen LogP contribution is 2.60. The van der Waals surface area contributed by atoms with Crippen LogP contribution in [0.4, 0.5) is 5.95 Å². The molecular weight excluding hydrogens is 374 g/mol. The third-order valence-electron chi connectivity index (χ3n) is 8.24. The van der Waals surface area contributed by atoms with Crippen LogP contribution < -0.4 is 4.90 Å². The molecule has 1 aliphatic heterocycles. The van der Waals surface area contributed by atoms with Crippen LogP contribution >= 0.6 is 0 Å². The fourth-order valence-corrected chi connectivity index (χ4v) is 7.15. The number of carbonyl (C=O) groups excluding carboxylic acids is 1. The summed E-state index contributed by atoms with van der Waals surface area (Å²) in [5.41, 5.74) is -0.0254. The summed E-state index contributed by atoms with van der Waals surface area (Å²) in [6.45, 7) is 10.2. The third-order valence-corrected chi connectivity index (χ3v) is 8.24. The molecular formula is C24H37N5O. The van der Waals surface area contributed by atoms with Gasteiger partial charge in [0.15, 0.2) is 0 Å². The average molecular weight is 412 g/mol. The van der Waals surface area contributed by atoms with Gasteiger partial charge in [-0.25, -0.2) is 9.97 Å². The van der Waals surface area contributed by atoms with Crippen molar-refractivity contribution in [3.8, 4) is 0 Å². The summed E-state index contributed by atoms with van der Waals surface area (Å²) in [6.07, 6.45) is 11.3. The molecule has 0 radical (unpaired) electrons. The highest BCUT2D eigenvalue weighted by molar-refractivity contribution is 5.83. The molecule has 6 rings (SSSR count). The first-order valence-corrected chi connectivity index (χ1v) is 12.1. The standard InChI is InChI=1S/C24H37N5O/c1-18(2)29(22(30)24-15-19-12-20(16-24)14-21(13-19)17-24)11-8-27-6-9-28(10-7-27)23-25-4-3-5-26-23/h3-5,18-21H,6-17H2,1-2H3. The maximum absolute atomic E-state index is 13.8. The molecule has 4 aliphatic carbocycles. The van der Waals surface area contributed by atoms with Crippen molar-refractivity contribution in [3.63, 3.8) is 0 Å². The van der Waals surface area contributed by atoms with Crippen molar-refractivity contribution in [1.29, 1.82) is 0 Å². The third kappa shape index (κ3) is 3.83. The second kappa shape index (κ2) is 8.10. The highest BCUT2D eigenvalue weighted by atomic mass is 16.2. The molecule has 4 saturated carbocycles. The van der Waals surface area contributed by atoms with E-state index in [2.05, 4.69) is 38.5 Å². The molecule has 1 amide bonds. The van der Waals surface area contributed by atoms with Crippen LogP contribution in [0.3, 0.4) is 0 Å². The number of hydrogen-bond acceptors (Lipinski definition) is 5. The lowest BCUT2D eigenvalue weighted by molar-refractivity contribution is -0.159. The molecule has 164 valence electrons. The van der Waals surface area contributed by atoms with Crippen molar-refractivity contribution in [2.75, 3.05) is 44.2 Å². The number of amides is 1. The Balaban J connectivity index is 1.18. The van der Waals surface area contributed by atoms with Crippen LogP contribution in [0.5, 0.6) is 0 Å². The lowest BCUT2D eigenvalue weighted by Crippen LogP contribution is -2.57. The minimum absolute atomic E-state index is 0.0254. The first-order valence-electron chi connectivity index (χ1n) is 12.1. The van der Waals surface area contributed by atoms with Gasteiger partial charge in [-0.05, 0) is 76.2 Å². The zero-order valence-corrected chi connectivity index (χ0v) is 18.7. The number of nitrogens with zero attached hydrogens (tertiary/aromatic N) is 5. The predicted molar refractivity (Wildman–Crippen MR) is 118 cm³/mol. The molecule has 1 aromatic heterocycles. The number of aromatic nitrogens is 2. The summed E-state index contributed by atoms with van der Waals surface area (Å²) in [4.78, 5) is 29.6. The Bertz CT molecular complexity index is 708. The largest absolute Gasteiger partial charge is 0.339 e. The number of carbonyl (C=O) groups is 1. The van der Waals surface area contributed by atoms with Crippen LogP contribution in [0.15, 0.2) is 18.5 Å². The fraction of sp³-hybridized carbons (Fsp3) is 0.792. The maximum Gasteiger partial charge on any atom is 0.229 e. The van der Waals surface area contributed by atoms with Gasteiger partial charge in [0, 0.05) is 57.7 Å². The normalized spacial score (nSPS) is 33.3. The van der Waals surface area contributed by atoms with Gasteiger partial charge in [0.25, 0.3) is 0 Å². The first kappa shape index (κ1) is 20.2. The second-order valence-corrected chi connectivity index (χ2v) is 10.7. The monoisotopic (exact) mass is 411 g/mol. The zero-order valence-electron chi connectivity index (χ0n) is 18.7. The highest BCUT2D eigenvalue weighted by Gasteiger charge is 2.55. The Kier molecular flexibility index (Phi) is 5.46. The minimum Gasteiger partial charge on any atom is -0.339 e. The molecule has 0 spiro atoms. The Labute approximate surface area is 181 Å². The molecule has 6 heteroatoms. The van der Waals surface area contributed by atoms with Gasteiger partial charge in [0.1, 0.15) is 0 Å². The van der Waals surface area contributed by atoms with Gasteiger partial charge in [-0.1, -0.05) is 0 Å². The van der Waals surface area contributed by atoms with E-state index in [4.69, 9.17) is 0 Å². The SMILES string of the molecule is CC(C)N(CCN1CCN(c2ncccn2)CC1)C(=O)C12CC3CC(CC(C3)C1)C2. The average Bonchev–Trinajstić information content (AvgIpc) is 2.74. The summed E-state index contributed by atoms with van der Waals surface area (Å²) in [6, 6.07) is 2.14. The second-order valence-electron chi connectivity index (χ2n) is 10.7. The van der Waals surface area contributed by atoms with Crippen LogP contribution in [-0.4, -0.2) is 71.0 Å². The Morgan fingerprint density at radius 3 is 2.13 bits per heavy atom. The Hall–Kier alpha value is -1.69. The number of piperazine rings is 1. The first-order chi connectivity index (χ1) is 14.5. The molecule has 5 fully saturated rings. The topological polar surface area (TPSA) is 52.6 Å². The van der Waals surface area contributed by atoms with E-state index in [1.165, 1.54) is 19.3 Å². The molecule has 0 N–H and O–H groups in total. The van der Waals surface area contributed by atoms with Gasteiger partial charge in [0.05, 0.1) is 5.41 Å². The van der Waals surface area contributed by atoms with E-state index in [-0.39, 0.29) is 11.5 Å². The minimum atomic E-state index is -0.0254. The van der Waals surface area contributed by atoms with Crippen molar-refractivity contribution in [1.82, 2.24) is 19.8 Å². The maximum atomic E-state index is 13.8. The molecule has 2 heterocycles. The van der Waals surface area contributed by atoms with E-state index in [1.807, 2.05) is 18.5 Å². The van der Waals surface area contributed by atoms with Crippen LogP contribution in [0.1, 0.15) is 52.4 Å². The Morgan fingerprint density at radius 1 is 1.03 bits per heavy atom. The van der Waals surface area contributed by atoms with Gasteiger partial charge in [-0.15, -0.1) is 0 Å². The number of rotatable bonds is 6. The lowest BCUT2D eigenvalue weighted by atomic mass is 9.49.